The van der Waals surface area contributed by atoms with Crippen molar-refractivity contribution >= 4 is 28.4 Å². The van der Waals surface area contributed by atoms with Crippen LogP contribution in [0.25, 0.3) is 0 Å². The fourth-order valence-electron chi connectivity index (χ4n) is 0.137. The zero-order valence-corrected chi connectivity index (χ0v) is 5.04. The minimum atomic E-state index is -0.392. The molecule has 0 aliphatic heterocycles. The molecule has 0 saturated carbocycles. The van der Waals surface area contributed by atoms with Crippen LogP contribution < -0.4 is 0 Å². The summed E-state index contributed by atoms with van der Waals surface area (Å²) in [5.41, 5.74) is 1.26. The maximum absolute atomic E-state index is 9.86. The van der Waals surface area contributed by atoms with Gasteiger partial charge in [-0.1, -0.05) is 17.7 Å². The van der Waals surface area contributed by atoms with E-state index in [1.165, 1.54) is 11.6 Å². The van der Waals surface area contributed by atoms with Crippen molar-refractivity contribution in [2.75, 3.05) is 0 Å². The van der Waals surface area contributed by atoms with Gasteiger partial charge in [0, 0.05) is 12.0 Å². The van der Waals surface area contributed by atoms with Crippen LogP contribution in [0.3, 0.4) is 0 Å². The lowest BCUT2D eigenvalue weighted by Gasteiger charge is -1.74. The zero-order chi connectivity index (χ0) is 5.70. The number of hydrogen-bond donors (Lipinski definition) is 0. The van der Waals surface area contributed by atoms with E-state index in [0.717, 1.165) is 0 Å². The fourth-order valence-corrected chi connectivity index (χ4v) is 0.315. The highest BCUT2D eigenvalue weighted by atomic mass is 35.5. The lowest BCUT2D eigenvalue weighted by Crippen LogP contribution is -1.77. The lowest BCUT2D eigenvalue weighted by molar-refractivity contribution is -0.110. The molecule has 0 bridgehead atoms. The van der Waals surface area contributed by atoms with E-state index in [4.69, 9.17) is 23.2 Å². The van der Waals surface area contributed by atoms with E-state index in [2.05, 4.69) is 0 Å². The van der Waals surface area contributed by atoms with Crippen LogP contribution in [0.2, 0.25) is 0 Å². The van der Waals surface area contributed by atoms with Gasteiger partial charge in [0.05, 0.1) is 0 Å². The summed E-state index contributed by atoms with van der Waals surface area (Å²) < 4.78 is 0. The highest BCUT2D eigenvalue weighted by Crippen LogP contribution is 1.90. The number of hydrogen-bond acceptors (Lipinski definition) is 1. The second kappa shape index (κ2) is 4.16. The third-order valence-corrected chi connectivity index (χ3v) is 0.700. The average molecular weight is 139 g/mol. The highest BCUT2D eigenvalue weighted by Gasteiger charge is 1.85. The smallest absolute Gasteiger partial charge is 0.225 e. The van der Waals surface area contributed by atoms with Crippen molar-refractivity contribution in [1.82, 2.24) is 0 Å². The molecule has 0 aliphatic carbocycles. The van der Waals surface area contributed by atoms with E-state index >= 15 is 0 Å². The predicted molar refractivity (Wildman–Crippen MR) is 30.5 cm³/mol. The third-order valence-electron chi connectivity index (χ3n) is 0.367. The monoisotopic (exact) mass is 138 g/mol. The van der Waals surface area contributed by atoms with Crippen LogP contribution in [0, 0.1) is 0 Å². The Kier molecular flexibility index (Phi) is 4.15. The van der Waals surface area contributed by atoms with E-state index < -0.39 is 5.24 Å². The summed E-state index contributed by atoms with van der Waals surface area (Å²) in [6.45, 7) is 0. The zero-order valence-electron chi connectivity index (χ0n) is 3.53. The molecule has 40 valence electrons. The molecule has 0 rings (SSSR count). The third kappa shape index (κ3) is 5.99. The molecule has 1 nitrogen and oxygen atoms in total. The van der Waals surface area contributed by atoms with Gasteiger partial charge in [-0.05, 0) is 11.6 Å². The molecule has 3 heteroatoms. The summed E-state index contributed by atoms with van der Waals surface area (Å²) in [4.78, 5) is 9.86. The second-order valence-corrected chi connectivity index (χ2v) is 1.59. The van der Waals surface area contributed by atoms with Gasteiger partial charge in [0.15, 0.2) is 0 Å². The Morgan fingerprint density at radius 3 is 2.43 bits per heavy atom. The van der Waals surface area contributed by atoms with Crippen LogP contribution in [0.15, 0.2) is 11.6 Å². The molecule has 0 fully saturated rings. The Morgan fingerprint density at radius 1 is 1.71 bits per heavy atom. The molecule has 0 aromatic rings. The first kappa shape index (κ1) is 6.99. The van der Waals surface area contributed by atoms with Gasteiger partial charge >= 0.3 is 0 Å². The van der Waals surface area contributed by atoms with Crippen molar-refractivity contribution in [2.24, 2.45) is 0 Å². The SMILES string of the molecule is O=C(Cl)C/C=C/Cl. The topological polar surface area (TPSA) is 17.1 Å². The van der Waals surface area contributed by atoms with Crippen molar-refractivity contribution in [3.8, 4) is 0 Å². The number of carbonyl (C=O) groups is 1. The van der Waals surface area contributed by atoms with Gasteiger partial charge in [-0.3, -0.25) is 4.79 Å². The molecule has 0 unspecified atom stereocenters. The molecule has 7 heavy (non-hydrogen) atoms. The van der Waals surface area contributed by atoms with Crippen LogP contribution in [0.1, 0.15) is 6.42 Å². The van der Waals surface area contributed by atoms with Crippen molar-refractivity contribution in [3.05, 3.63) is 11.6 Å². The van der Waals surface area contributed by atoms with Crippen LogP contribution in [-0.2, 0) is 4.79 Å². The van der Waals surface area contributed by atoms with Crippen LogP contribution >= 0.6 is 23.2 Å². The summed E-state index contributed by atoms with van der Waals surface area (Å²) in [5, 5.41) is -0.392. The molecule has 0 amide bonds. The van der Waals surface area contributed by atoms with Crippen LogP contribution in [0.4, 0.5) is 0 Å². The van der Waals surface area contributed by atoms with E-state index in [1.807, 2.05) is 0 Å². The summed E-state index contributed by atoms with van der Waals surface area (Å²) in [5.74, 6) is 0. The standard InChI is InChI=1S/C4H4Cl2O/c5-3-1-2-4(6)7/h1,3H,2H2/b3-1+. The molecule has 0 radical (unpaired) electrons. The van der Waals surface area contributed by atoms with Gasteiger partial charge in [0.1, 0.15) is 0 Å². The first-order chi connectivity index (χ1) is 3.27. The summed E-state index contributed by atoms with van der Waals surface area (Å²) in [6, 6.07) is 0. The van der Waals surface area contributed by atoms with Gasteiger partial charge in [-0.2, -0.15) is 0 Å². The normalized spacial score (nSPS) is 10.0. The highest BCUT2D eigenvalue weighted by molar-refractivity contribution is 6.63. The average Bonchev–Trinajstić information content (AvgIpc) is 1.61. The minimum Gasteiger partial charge on any atom is -0.281 e. The van der Waals surface area contributed by atoms with Gasteiger partial charge in [-0.25, -0.2) is 0 Å². The summed E-state index contributed by atoms with van der Waals surface area (Å²) >= 11 is 9.96. The van der Waals surface area contributed by atoms with Gasteiger partial charge in [0.2, 0.25) is 5.24 Å². The van der Waals surface area contributed by atoms with Gasteiger partial charge in [-0.15, -0.1) is 0 Å². The first-order valence-electron chi connectivity index (χ1n) is 1.71. The Hall–Kier alpha value is -0.0100. The number of allylic oxidation sites excluding steroid dienone is 1. The molecule has 0 heterocycles. The van der Waals surface area contributed by atoms with Crippen molar-refractivity contribution in [3.63, 3.8) is 0 Å². The Morgan fingerprint density at radius 2 is 2.29 bits per heavy atom. The predicted octanol–water partition coefficient (Wildman–Crippen LogP) is 1.89. The molecule has 0 atom stereocenters. The summed E-state index contributed by atoms with van der Waals surface area (Å²) in [7, 11) is 0. The Balaban J connectivity index is 3.14. The molecule has 0 saturated heterocycles. The first-order valence-corrected chi connectivity index (χ1v) is 2.52. The maximum atomic E-state index is 9.86. The van der Waals surface area contributed by atoms with Crippen LogP contribution in [-0.4, -0.2) is 5.24 Å². The lowest BCUT2D eigenvalue weighted by atomic mass is 10.5. The molecular weight excluding hydrogens is 135 g/mol. The quantitative estimate of drug-likeness (QED) is 0.534. The van der Waals surface area contributed by atoms with E-state index in [1.54, 1.807) is 0 Å². The molecule has 0 spiro atoms. The molecule has 0 N–H and O–H groups in total. The number of halogens is 2. The maximum Gasteiger partial charge on any atom is 0.225 e. The van der Waals surface area contributed by atoms with Gasteiger partial charge < -0.3 is 0 Å². The Labute approximate surface area is 51.9 Å². The van der Waals surface area contributed by atoms with Gasteiger partial charge in [0.25, 0.3) is 0 Å². The largest absolute Gasteiger partial charge is 0.281 e. The number of carbonyl (C=O) groups excluding carboxylic acids is 1. The molecule has 0 aromatic carbocycles. The van der Waals surface area contributed by atoms with Crippen molar-refractivity contribution < 1.29 is 4.79 Å². The van der Waals surface area contributed by atoms with E-state index in [9.17, 15) is 4.79 Å². The fraction of sp³-hybridized carbons (Fsp3) is 0.250. The molecule has 0 aliphatic rings. The second-order valence-electron chi connectivity index (χ2n) is 0.921. The molecular formula is C4H4Cl2O. The molecule has 0 aromatic heterocycles. The number of rotatable bonds is 2. The Bertz CT molecular complexity index is 87.7. The summed E-state index contributed by atoms with van der Waals surface area (Å²) in [6.07, 6.45) is 1.70. The van der Waals surface area contributed by atoms with Crippen molar-refractivity contribution in [1.29, 1.82) is 0 Å². The van der Waals surface area contributed by atoms with E-state index in [0.29, 0.717) is 0 Å². The minimum absolute atomic E-state index is 0.213. The van der Waals surface area contributed by atoms with Crippen molar-refractivity contribution in [2.45, 2.75) is 6.42 Å². The van der Waals surface area contributed by atoms with E-state index in [-0.39, 0.29) is 6.42 Å². The van der Waals surface area contributed by atoms with Crippen LogP contribution in [0.5, 0.6) is 0 Å².